The molecule has 2 amide bonds. The molecule has 35 heteroatoms. The number of rotatable bonds is 19. The van der Waals surface area contributed by atoms with Crippen LogP contribution in [0.15, 0.2) is 115 Å². The Kier molecular flexibility index (Phi) is 27.2. The van der Waals surface area contributed by atoms with Gasteiger partial charge in [-0.15, -0.1) is 45.3 Å². The number of morpholine rings is 2. The van der Waals surface area contributed by atoms with Crippen LogP contribution in [0.25, 0.3) is 42.3 Å². The SMILES string of the molecule is CC(=O)Cc1cccc(Nc2ncc3c(n2)-c2sc(CN4CCOCC4)nc2CC3)c1.CC(=O)N1CCN(Cc2nc3c(s2)-c2nc(Nc4cc(C)cc(C)c4)ncc2CC3)CC1.CC(=O)N1CCN(Cc2nc3c(s2)-c2nc(Nc4cccc(S(N)(=O)=O)c4)ncc2CC3)CC1.Cc1cc(C)cc(Nc2ncc3c(n2)-c2sc(CN4CCOCC4)nc2CC3)c1. The third kappa shape index (κ3) is 21.9. The van der Waals surface area contributed by atoms with Crippen molar-refractivity contribution < 1.29 is 32.3 Å². The van der Waals surface area contributed by atoms with Crippen LogP contribution in [0.4, 0.5) is 46.5 Å². The van der Waals surface area contributed by atoms with Crippen molar-refractivity contribution in [2.24, 2.45) is 5.14 Å². The number of nitrogens with zero attached hydrogens (tertiary/aromatic N) is 18. The molecule has 126 heavy (non-hydrogen) atoms. The summed E-state index contributed by atoms with van der Waals surface area (Å²) >= 11 is 6.93. The first-order chi connectivity index (χ1) is 61.0. The molecule has 654 valence electrons. The molecule has 0 saturated carbocycles. The Morgan fingerprint density at radius 2 is 0.690 bits per heavy atom. The number of hydrogen-bond acceptors (Lipinski definition) is 31. The van der Waals surface area contributed by atoms with E-state index in [0.717, 1.165) is 270 Å². The first kappa shape index (κ1) is 87.3. The average Bonchev–Trinajstić information content (AvgIpc) is 1.63. The fraction of sp³-hybridized carbons (Fsp3) is 0.396. The summed E-state index contributed by atoms with van der Waals surface area (Å²) in [5.74, 6) is 2.65. The van der Waals surface area contributed by atoms with Crippen LogP contribution in [0.1, 0.15) is 114 Å². The number of Topliss-reactive ketones (excluding diaryl/α,β-unsaturated/α-hetero) is 1. The van der Waals surface area contributed by atoms with Gasteiger partial charge in [-0.1, -0.05) is 30.3 Å². The molecule has 20 rings (SSSR count). The smallest absolute Gasteiger partial charge is 0.238 e. The van der Waals surface area contributed by atoms with Crippen molar-refractivity contribution in [3.05, 3.63) is 203 Å². The van der Waals surface area contributed by atoms with Crippen LogP contribution in [-0.2, 0) is 118 Å². The van der Waals surface area contributed by atoms with E-state index in [0.29, 0.717) is 35.9 Å². The van der Waals surface area contributed by atoms with Gasteiger partial charge < -0.3 is 40.5 Å². The molecule has 30 nitrogen and oxygen atoms in total. The topological polar surface area (TPSA) is 352 Å². The van der Waals surface area contributed by atoms with Gasteiger partial charge in [0, 0.05) is 146 Å². The standard InChI is InChI=1S/C24H28N6OS.C23H25N5O2S.C22H25N7O3S2.C22H25N5OS/c1-15-10-16(2)12-19(11-15)26-24-25-13-18-4-5-20-23(22(18)28-24)32-21(27-20)14-29-6-8-30(9-7-29)17(3)31;1-15(29)11-16-3-2-4-18(12-16)25-23-24-13-17-5-6-19-22(21(17)27-23)31-20(26-19)14-28-7-9-30-10-8-28;1-14(30)29-9-7-28(8-10-29)13-19-26-18-6-5-15-12-24-22(27-20(15)21(18)33-19)25-16-3-2-4-17(11-16)34(23,31)32;1-14-9-15(2)11-17(10-14)24-22-23-12-16-3-4-18-21(20(16)26-22)29-19(25-18)13-27-5-7-28-8-6-27/h10-13H,4-9,14H2,1-3H3,(H,25,26,28);2-4,12-13H,5-11,14H2,1H3,(H,24,25,27);2-4,11-12H,5-10,13H2,1H3,(H2,23,31,32)(H,24,25,27);9-12H,3-8,13H2,1-2H3,(H,23,24,26). The van der Waals surface area contributed by atoms with Crippen molar-refractivity contribution >= 4 is 120 Å². The van der Waals surface area contributed by atoms with Gasteiger partial charge in [0.1, 0.15) is 25.8 Å². The van der Waals surface area contributed by atoms with Crippen molar-refractivity contribution in [1.29, 1.82) is 0 Å². The van der Waals surface area contributed by atoms with Crippen LogP contribution in [0.5, 0.6) is 0 Å². The van der Waals surface area contributed by atoms with Gasteiger partial charge in [0.2, 0.25) is 45.6 Å². The lowest BCUT2D eigenvalue weighted by Gasteiger charge is -2.33. The number of primary sulfonamides is 1. The minimum absolute atomic E-state index is 0.0222. The van der Waals surface area contributed by atoms with Crippen LogP contribution in [0.3, 0.4) is 0 Å². The molecule has 4 fully saturated rings. The maximum Gasteiger partial charge on any atom is 0.238 e. The summed E-state index contributed by atoms with van der Waals surface area (Å²) in [5, 5.41) is 22.9. The summed E-state index contributed by atoms with van der Waals surface area (Å²) in [4.78, 5) is 110. The molecule has 8 aromatic heterocycles. The van der Waals surface area contributed by atoms with Crippen LogP contribution >= 0.6 is 45.3 Å². The van der Waals surface area contributed by atoms with Crippen molar-refractivity contribution in [1.82, 2.24) is 89.2 Å². The van der Waals surface area contributed by atoms with E-state index in [1.807, 2.05) is 58.9 Å². The number of ketones is 1. The number of fused-ring (bicyclic) bond motifs is 12. The zero-order valence-electron chi connectivity index (χ0n) is 71.9. The Morgan fingerprint density at radius 3 is 1.01 bits per heavy atom. The van der Waals surface area contributed by atoms with E-state index in [1.54, 1.807) is 78.3 Å². The fourth-order valence-electron chi connectivity index (χ4n) is 16.8. The van der Waals surface area contributed by atoms with E-state index in [-0.39, 0.29) is 22.5 Å². The molecule has 12 aromatic rings. The molecule has 4 saturated heterocycles. The summed E-state index contributed by atoms with van der Waals surface area (Å²) in [7, 11) is -3.80. The van der Waals surface area contributed by atoms with Crippen LogP contribution < -0.4 is 26.4 Å². The Hall–Kier alpha value is -10.8. The number of piperazine rings is 2. The molecule has 4 aliphatic heterocycles. The summed E-state index contributed by atoms with van der Waals surface area (Å²) in [5.41, 5.74) is 22.4. The molecule has 12 heterocycles. The van der Waals surface area contributed by atoms with Gasteiger partial charge in [-0.25, -0.2) is 73.4 Å². The van der Waals surface area contributed by atoms with Crippen molar-refractivity contribution in [2.45, 2.75) is 137 Å². The second-order valence-electron chi connectivity index (χ2n) is 33.0. The second kappa shape index (κ2) is 39.2. The molecule has 0 spiro atoms. The van der Waals surface area contributed by atoms with Crippen LogP contribution in [0, 0.1) is 27.7 Å². The zero-order chi connectivity index (χ0) is 87.1. The van der Waals surface area contributed by atoms with Gasteiger partial charge in [-0.3, -0.25) is 34.0 Å². The fourth-order valence-corrected chi connectivity index (χ4v) is 22.1. The number of nitrogens with two attached hydrogens (primary N) is 1. The van der Waals surface area contributed by atoms with Crippen LogP contribution in [-0.4, -0.2) is 220 Å². The Balaban J connectivity index is 0.000000119. The molecule has 4 aromatic carbocycles. The molecule has 0 unspecified atom stereocenters. The maximum atomic E-state index is 11.6. The monoisotopic (exact) mass is 1790 g/mol. The molecule has 0 radical (unpaired) electrons. The highest BCUT2D eigenvalue weighted by Gasteiger charge is 2.32. The number of carbonyl (C=O) groups excluding carboxylic acids is 3. The Bertz CT molecular complexity index is 6090. The van der Waals surface area contributed by atoms with E-state index in [9.17, 15) is 22.8 Å². The summed E-state index contributed by atoms with van der Waals surface area (Å²) in [6.45, 7) is 30.3. The maximum absolute atomic E-state index is 11.6. The number of carbonyl (C=O) groups is 3. The predicted octanol–water partition coefficient (Wildman–Crippen LogP) is 12.8. The lowest BCUT2D eigenvalue weighted by Crippen LogP contribution is -2.47. The molecule has 4 aliphatic carbocycles. The van der Waals surface area contributed by atoms with Gasteiger partial charge >= 0.3 is 0 Å². The van der Waals surface area contributed by atoms with Crippen molar-refractivity contribution in [3.8, 4) is 42.3 Å². The Labute approximate surface area is 749 Å². The quantitative estimate of drug-likeness (QED) is 0.0502. The van der Waals surface area contributed by atoms with Gasteiger partial charge in [0.05, 0.1) is 123 Å². The zero-order valence-corrected chi connectivity index (χ0v) is 76.0. The van der Waals surface area contributed by atoms with E-state index in [4.69, 9.17) is 54.5 Å². The number of ether oxygens (including phenoxy) is 2. The van der Waals surface area contributed by atoms with E-state index in [1.165, 1.54) is 76.4 Å². The second-order valence-corrected chi connectivity index (χ2v) is 38.9. The first-order valence-electron chi connectivity index (χ1n) is 42.9. The number of thiazole rings is 4. The van der Waals surface area contributed by atoms with E-state index < -0.39 is 10.0 Å². The normalized spacial score (nSPS) is 16.1. The number of aryl methyl sites for hydroxylation is 12. The minimum Gasteiger partial charge on any atom is -0.379 e. The molecule has 0 bridgehead atoms. The molecular weight excluding hydrogens is 1690 g/mol. The van der Waals surface area contributed by atoms with E-state index in [2.05, 4.69) is 125 Å². The first-order valence-corrected chi connectivity index (χ1v) is 47.7. The number of anilines is 8. The molecular formula is C91H103N23O7S5. The largest absolute Gasteiger partial charge is 0.379 e. The summed E-state index contributed by atoms with van der Waals surface area (Å²) in [6.07, 6.45) is 15.4. The number of aromatic nitrogens is 12. The number of benzene rings is 4. The summed E-state index contributed by atoms with van der Waals surface area (Å²) in [6, 6.07) is 26.9. The van der Waals surface area contributed by atoms with Crippen molar-refractivity contribution in [3.63, 3.8) is 0 Å². The summed E-state index contributed by atoms with van der Waals surface area (Å²) < 4.78 is 34.2. The van der Waals surface area contributed by atoms with Gasteiger partial charge in [0.25, 0.3) is 0 Å². The number of sulfonamides is 1. The average molecular weight is 1790 g/mol. The highest BCUT2D eigenvalue weighted by atomic mass is 32.2. The van der Waals surface area contributed by atoms with Gasteiger partial charge in [-0.05, 0) is 191 Å². The van der Waals surface area contributed by atoms with E-state index >= 15 is 0 Å². The Morgan fingerprint density at radius 1 is 0.381 bits per heavy atom. The van der Waals surface area contributed by atoms with Gasteiger partial charge in [0.15, 0.2) is 0 Å². The molecule has 0 atom stereocenters. The lowest BCUT2D eigenvalue weighted by molar-refractivity contribution is -0.131. The molecule has 8 aliphatic rings. The molecule has 6 N–H and O–H groups in total. The van der Waals surface area contributed by atoms with Gasteiger partial charge in [-0.2, -0.15) is 0 Å². The minimum atomic E-state index is -3.80. The highest BCUT2D eigenvalue weighted by Crippen LogP contribution is 2.43. The third-order valence-corrected chi connectivity index (χ3v) is 28.4. The highest BCUT2D eigenvalue weighted by molar-refractivity contribution is 7.89. The lowest BCUT2D eigenvalue weighted by atomic mass is 10.00. The number of hydrogen-bond donors (Lipinski definition) is 5. The van der Waals surface area contributed by atoms with Crippen LogP contribution in [0.2, 0.25) is 0 Å². The third-order valence-electron chi connectivity index (χ3n) is 23.1. The van der Waals surface area contributed by atoms with Crippen molar-refractivity contribution in [2.75, 3.05) is 126 Å². The predicted molar refractivity (Wildman–Crippen MR) is 493 cm³/mol. The number of amides is 2. The number of nitrogens with one attached hydrogen (secondary N) is 4.